The number of amides is 1. The molecule has 20 heavy (non-hydrogen) atoms. The second-order valence-electron chi connectivity index (χ2n) is 3.96. The Morgan fingerprint density at radius 3 is 2.70 bits per heavy atom. The summed E-state index contributed by atoms with van der Waals surface area (Å²) in [6, 6.07) is 3.20. The lowest BCUT2D eigenvalue weighted by Crippen LogP contribution is -2.35. The Balaban J connectivity index is 2.16. The summed E-state index contributed by atoms with van der Waals surface area (Å²) < 4.78 is 1.46. The molecule has 0 fully saturated rings. The molecular formula is C12H13N5O3. The van der Waals surface area contributed by atoms with E-state index in [9.17, 15) is 9.59 Å². The third-order valence-corrected chi connectivity index (χ3v) is 2.64. The summed E-state index contributed by atoms with van der Waals surface area (Å²) in [6.07, 6.45) is 4.27. The van der Waals surface area contributed by atoms with Gasteiger partial charge in [-0.25, -0.2) is 14.6 Å². The average molecular weight is 275 g/mol. The van der Waals surface area contributed by atoms with E-state index in [4.69, 9.17) is 5.11 Å². The van der Waals surface area contributed by atoms with E-state index in [0.717, 1.165) is 0 Å². The number of carboxylic acids is 1. The molecule has 104 valence electrons. The molecule has 0 saturated carbocycles. The number of nitrogens with zero attached hydrogens (tertiary/aromatic N) is 5. The van der Waals surface area contributed by atoms with Gasteiger partial charge >= 0.3 is 5.97 Å². The lowest BCUT2D eigenvalue weighted by atomic mass is 10.2. The molecule has 2 aromatic rings. The van der Waals surface area contributed by atoms with Crippen LogP contribution in [0.15, 0.2) is 31.0 Å². The maximum atomic E-state index is 12.1. The second kappa shape index (κ2) is 5.91. The Hall–Kier alpha value is -2.77. The van der Waals surface area contributed by atoms with Gasteiger partial charge in [-0.3, -0.25) is 9.59 Å². The molecule has 0 aliphatic carbocycles. The minimum absolute atomic E-state index is 0.315. The SMILES string of the molecule is CCN(CC(=O)O)C(=O)c1ccc(-n2cncn2)nc1. The van der Waals surface area contributed by atoms with Gasteiger partial charge in [-0.1, -0.05) is 0 Å². The van der Waals surface area contributed by atoms with E-state index in [0.29, 0.717) is 17.9 Å². The quantitative estimate of drug-likeness (QED) is 0.837. The van der Waals surface area contributed by atoms with Crippen LogP contribution in [-0.4, -0.2) is 54.7 Å². The molecule has 1 N–H and O–H groups in total. The number of carbonyl (C=O) groups excluding carboxylic acids is 1. The van der Waals surface area contributed by atoms with Crippen LogP contribution in [0.1, 0.15) is 17.3 Å². The number of hydrogen-bond acceptors (Lipinski definition) is 5. The highest BCUT2D eigenvalue weighted by atomic mass is 16.4. The summed E-state index contributed by atoms with van der Waals surface area (Å²) in [4.78, 5) is 31.9. The highest BCUT2D eigenvalue weighted by Crippen LogP contribution is 2.07. The Kier molecular flexibility index (Phi) is 4.04. The number of hydrogen-bond donors (Lipinski definition) is 1. The van der Waals surface area contributed by atoms with Crippen molar-refractivity contribution in [2.24, 2.45) is 0 Å². The van der Waals surface area contributed by atoms with Crippen molar-refractivity contribution in [1.82, 2.24) is 24.6 Å². The van der Waals surface area contributed by atoms with Gasteiger partial charge < -0.3 is 10.0 Å². The van der Waals surface area contributed by atoms with E-state index >= 15 is 0 Å². The predicted molar refractivity (Wildman–Crippen MR) is 68.4 cm³/mol. The number of carboxylic acid groups (broad SMARTS) is 1. The molecule has 0 spiro atoms. The van der Waals surface area contributed by atoms with Crippen molar-refractivity contribution in [1.29, 1.82) is 0 Å². The van der Waals surface area contributed by atoms with Crippen molar-refractivity contribution in [3.8, 4) is 5.82 Å². The van der Waals surface area contributed by atoms with Gasteiger partial charge in [0.2, 0.25) is 0 Å². The smallest absolute Gasteiger partial charge is 0.323 e. The first kappa shape index (κ1) is 13.7. The van der Waals surface area contributed by atoms with Gasteiger partial charge in [0.25, 0.3) is 5.91 Å². The van der Waals surface area contributed by atoms with Crippen LogP contribution in [0.2, 0.25) is 0 Å². The summed E-state index contributed by atoms with van der Waals surface area (Å²) >= 11 is 0. The lowest BCUT2D eigenvalue weighted by Gasteiger charge is -2.18. The molecule has 0 aliphatic heterocycles. The van der Waals surface area contributed by atoms with Crippen molar-refractivity contribution in [3.63, 3.8) is 0 Å². The van der Waals surface area contributed by atoms with Gasteiger partial charge in [0, 0.05) is 12.7 Å². The van der Waals surface area contributed by atoms with Crippen LogP contribution >= 0.6 is 0 Å². The third kappa shape index (κ3) is 2.97. The van der Waals surface area contributed by atoms with E-state index in [-0.39, 0.29) is 12.5 Å². The zero-order chi connectivity index (χ0) is 14.5. The first-order valence-electron chi connectivity index (χ1n) is 5.94. The van der Waals surface area contributed by atoms with Crippen LogP contribution in [-0.2, 0) is 4.79 Å². The summed E-state index contributed by atoms with van der Waals surface area (Å²) in [5.41, 5.74) is 0.331. The van der Waals surface area contributed by atoms with Crippen molar-refractivity contribution in [3.05, 3.63) is 36.5 Å². The van der Waals surface area contributed by atoms with Crippen LogP contribution in [0.4, 0.5) is 0 Å². The first-order valence-corrected chi connectivity index (χ1v) is 5.94. The molecule has 0 aliphatic rings. The predicted octanol–water partition coefficient (Wildman–Crippen LogP) is 0.209. The minimum Gasteiger partial charge on any atom is -0.480 e. The summed E-state index contributed by atoms with van der Waals surface area (Å²) in [7, 11) is 0. The van der Waals surface area contributed by atoms with Crippen molar-refractivity contribution < 1.29 is 14.7 Å². The number of carbonyl (C=O) groups is 2. The monoisotopic (exact) mass is 275 g/mol. The van der Waals surface area contributed by atoms with Crippen LogP contribution in [0.25, 0.3) is 5.82 Å². The molecule has 8 heteroatoms. The van der Waals surface area contributed by atoms with Gasteiger partial charge in [-0.15, -0.1) is 0 Å². The van der Waals surface area contributed by atoms with Crippen LogP contribution in [0.5, 0.6) is 0 Å². The molecule has 0 bridgehead atoms. The first-order chi connectivity index (χ1) is 9.61. The third-order valence-electron chi connectivity index (χ3n) is 2.64. The normalized spacial score (nSPS) is 10.2. The van der Waals surface area contributed by atoms with Crippen LogP contribution in [0, 0.1) is 0 Å². The van der Waals surface area contributed by atoms with Gasteiger partial charge in [0.1, 0.15) is 19.2 Å². The maximum absolute atomic E-state index is 12.1. The molecule has 1 amide bonds. The molecule has 2 rings (SSSR count). The molecule has 0 saturated heterocycles. The Labute approximate surface area is 114 Å². The van der Waals surface area contributed by atoms with Gasteiger partial charge in [0.05, 0.1) is 5.56 Å². The van der Waals surface area contributed by atoms with E-state index < -0.39 is 5.97 Å². The summed E-state index contributed by atoms with van der Waals surface area (Å²) in [5.74, 6) is -0.889. The Morgan fingerprint density at radius 1 is 1.40 bits per heavy atom. The number of aromatic nitrogens is 4. The van der Waals surface area contributed by atoms with E-state index in [1.165, 1.54) is 28.4 Å². The molecule has 0 aromatic carbocycles. The molecular weight excluding hydrogens is 262 g/mol. The molecule has 0 radical (unpaired) electrons. The zero-order valence-electron chi connectivity index (χ0n) is 10.8. The summed E-state index contributed by atoms with van der Waals surface area (Å²) in [6.45, 7) is 1.70. The molecule has 0 unspecified atom stereocenters. The van der Waals surface area contributed by atoms with E-state index in [1.54, 1.807) is 19.1 Å². The van der Waals surface area contributed by atoms with Crippen molar-refractivity contribution >= 4 is 11.9 Å². The fourth-order valence-corrected chi connectivity index (χ4v) is 1.65. The largest absolute Gasteiger partial charge is 0.480 e. The highest BCUT2D eigenvalue weighted by Gasteiger charge is 2.17. The minimum atomic E-state index is -1.05. The molecule has 2 aromatic heterocycles. The standard InChI is InChI=1S/C12H13N5O3/c1-2-16(6-11(18)19)12(20)9-3-4-10(14-5-9)17-8-13-7-15-17/h3-5,7-8H,2,6H2,1H3,(H,18,19). The lowest BCUT2D eigenvalue weighted by molar-refractivity contribution is -0.137. The van der Waals surface area contributed by atoms with Crippen molar-refractivity contribution in [2.75, 3.05) is 13.1 Å². The van der Waals surface area contributed by atoms with Gasteiger partial charge in [-0.2, -0.15) is 5.10 Å². The number of likely N-dealkylation sites (N-methyl/N-ethyl adjacent to an activating group) is 1. The number of aliphatic carboxylic acids is 1. The highest BCUT2D eigenvalue weighted by molar-refractivity contribution is 5.95. The number of rotatable bonds is 5. The fraction of sp³-hybridized carbons (Fsp3) is 0.250. The van der Waals surface area contributed by atoms with Crippen molar-refractivity contribution in [2.45, 2.75) is 6.92 Å². The zero-order valence-corrected chi connectivity index (χ0v) is 10.8. The summed E-state index contributed by atoms with van der Waals surface area (Å²) in [5, 5.41) is 12.7. The fourth-order valence-electron chi connectivity index (χ4n) is 1.65. The second-order valence-corrected chi connectivity index (χ2v) is 3.96. The number of pyridine rings is 1. The Morgan fingerprint density at radius 2 is 2.20 bits per heavy atom. The maximum Gasteiger partial charge on any atom is 0.323 e. The molecule has 8 nitrogen and oxygen atoms in total. The Bertz CT molecular complexity index is 594. The van der Waals surface area contributed by atoms with E-state index in [1.807, 2.05) is 0 Å². The topological polar surface area (TPSA) is 101 Å². The average Bonchev–Trinajstić information content (AvgIpc) is 2.98. The van der Waals surface area contributed by atoms with Gasteiger partial charge in [-0.05, 0) is 19.1 Å². The van der Waals surface area contributed by atoms with Crippen LogP contribution < -0.4 is 0 Å². The van der Waals surface area contributed by atoms with Crippen LogP contribution in [0.3, 0.4) is 0 Å². The van der Waals surface area contributed by atoms with Gasteiger partial charge in [0.15, 0.2) is 5.82 Å². The van der Waals surface area contributed by atoms with E-state index in [2.05, 4.69) is 15.1 Å². The molecule has 2 heterocycles. The molecule has 0 atom stereocenters.